The van der Waals surface area contributed by atoms with E-state index in [2.05, 4.69) is 42.6 Å². The maximum absolute atomic E-state index is 12.7. The van der Waals surface area contributed by atoms with Crippen LogP contribution in [0.3, 0.4) is 0 Å². The van der Waals surface area contributed by atoms with Gasteiger partial charge in [0.05, 0.1) is 17.8 Å². The SMILES string of the molecule is O=C(NCC(c1ncco1)c1ccccc1I)C1=NS(=O)(=O)c2ccccc2N1. The second kappa shape index (κ2) is 7.95. The number of amidine groups is 1. The van der Waals surface area contributed by atoms with Crippen LogP contribution in [-0.2, 0) is 14.8 Å². The number of nitrogens with one attached hydrogen (secondary N) is 2. The van der Waals surface area contributed by atoms with Gasteiger partial charge in [0.1, 0.15) is 11.2 Å². The zero-order chi connectivity index (χ0) is 20.4. The minimum absolute atomic E-state index is 0.0352. The second-order valence-electron chi connectivity index (χ2n) is 6.19. The molecule has 3 aromatic rings. The molecule has 148 valence electrons. The summed E-state index contributed by atoms with van der Waals surface area (Å²) in [6.07, 6.45) is 3.01. The topological polar surface area (TPSA) is 114 Å². The minimum atomic E-state index is -3.94. The summed E-state index contributed by atoms with van der Waals surface area (Å²) in [7, 11) is -3.94. The number of hydrogen-bond donors (Lipinski definition) is 2. The Morgan fingerprint density at radius 3 is 2.69 bits per heavy atom. The van der Waals surface area contributed by atoms with Gasteiger partial charge < -0.3 is 15.1 Å². The van der Waals surface area contributed by atoms with Crippen LogP contribution in [0.15, 0.2) is 74.7 Å². The molecule has 0 saturated carbocycles. The lowest BCUT2D eigenvalue weighted by molar-refractivity contribution is -0.114. The van der Waals surface area contributed by atoms with E-state index in [9.17, 15) is 13.2 Å². The summed E-state index contributed by atoms with van der Waals surface area (Å²) >= 11 is 2.21. The largest absolute Gasteiger partial charge is 0.448 e. The van der Waals surface area contributed by atoms with Crippen LogP contribution in [0.4, 0.5) is 5.69 Å². The van der Waals surface area contributed by atoms with Crippen molar-refractivity contribution in [3.8, 4) is 0 Å². The standard InChI is InChI=1S/C19H15IN4O4S/c20-14-6-2-1-5-12(14)13(19-21-9-10-28-19)11-22-18(25)17-23-15-7-3-4-8-16(15)29(26,27)24-17/h1-10,13H,11H2,(H,22,25)(H,23,24). The summed E-state index contributed by atoms with van der Waals surface area (Å²) in [6.45, 7) is 0.155. The molecule has 0 aliphatic carbocycles. The quantitative estimate of drug-likeness (QED) is 0.499. The molecule has 1 aliphatic rings. The van der Waals surface area contributed by atoms with Crippen LogP contribution >= 0.6 is 22.6 Å². The number of rotatable bonds is 5. The van der Waals surface area contributed by atoms with E-state index < -0.39 is 15.9 Å². The van der Waals surface area contributed by atoms with Gasteiger partial charge in [-0.1, -0.05) is 30.3 Å². The van der Waals surface area contributed by atoms with Gasteiger partial charge in [-0.2, -0.15) is 8.42 Å². The monoisotopic (exact) mass is 522 g/mol. The zero-order valence-electron chi connectivity index (χ0n) is 14.9. The molecule has 0 spiro atoms. The summed E-state index contributed by atoms with van der Waals surface area (Å²) in [4.78, 5) is 16.9. The molecule has 2 heterocycles. The summed E-state index contributed by atoms with van der Waals surface area (Å²) in [5.41, 5.74) is 1.25. The van der Waals surface area contributed by atoms with Crippen molar-refractivity contribution in [2.24, 2.45) is 4.40 Å². The fourth-order valence-corrected chi connectivity index (χ4v) is 4.86. The number of oxazole rings is 1. The van der Waals surface area contributed by atoms with Crippen molar-refractivity contribution in [1.82, 2.24) is 10.3 Å². The van der Waals surface area contributed by atoms with E-state index >= 15 is 0 Å². The number of benzene rings is 2. The average Bonchev–Trinajstić information content (AvgIpc) is 3.23. The number of amides is 1. The van der Waals surface area contributed by atoms with Gasteiger partial charge in [0.2, 0.25) is 11.7 Å². The van der Waals surface area contributed by atoms with Crippen molar-refractivity contribution < 1.29 is 17.6 Å². The molecular formula is C19H15IN4O4S. The van der Waals surface area contributed by atoms with E-state index in [0.717, 1.165) is 9.13 Å². The molecule has 10 heteroatoms. The number of halogens is 1. The molecule has 1 aliphatic heterocycles. The Labute approximate surface area is 180 Å². The number of hydrogen-bond acceptors (Lipinski definition) is 6. The molecule has 1 aromatic heterocycles. The maximum atomic E-state index is 12.7. The van der Waals surface area contributed by atoms with Crippen molar-refractivity contribution in [3.63, 3.8) is 0 Å². The highest BCUT2D eigenvalue weighted by atomic mass is 127. The van der Waals surface area contributed by atoms with Crippen molar-refractivity contribution in [3.05, 3.63) is 76.0 Å². The lowest BCUT2D eigenvalue weighted by atomic mass is 9.99. The molecule has 0 radical (unpaired) electrons. The van der Waals surface area contributed by atoms with E-state index in [1.165, 1.54) is 18.5 Å². The Hall–Kier alpha value is -2.73. The average molecular weight is 522 g/mol. The summed E-state index contributed by atoms with van der Waals surface area (Å²) in [6, 6.07) is 14.0. The van der Waals surface area contributed by atoms with Crippen LogP contribution in [-0.4, -0.2) is 31.7 Å². The maximum Gasteiger partial charge on any atom is 0.287 e. The highest BCUT2D eigenvalue weighted by molar-refractivity contribution is 14.1. The number of carbonyl (C=O) groups is 1. The van der Waals surface area contributed by atoms with Gasteiger partial charge in [0.15, 0.2) is 0 Å². The first-order valence-electron chi connectivity index (χ1n) is 8.59. The van der Waals surface area contributed by atoms with Crippen LogP contribution in [0.25, 0.3) is 0 Å². The molecule has 0 saturated heterocycles. The van der Waals surface area contributed by atoms with Crippen molar-refractivity contribution in [2.75, 3.05) is 11.9 Å². The summed E-state index contributed by atoms with van der Waals surface area (Å²) < 4.78 is 34.8. The molecule has 2 N–H and O–H groups in total. The first kappa shape index (κ1) is 19.6. The Morgan fingerprint density at radius 1 is 1.17 bits per heavy atom. The fraction of sp³-hybridized carbons (Fsp3) is 0.105. The van der Waals surface area contributed by atoms with Crippen molar-refractivity contribution >= 4 is 50.0 Å². The van der Waals surface area contributed by atoms with Gasteiger partial charge in [-0.05, 0) is 46.4 Å². The number of sulfonamides is 1. The van der Waals surface area contributed by atoms with Gasteiger partial charge in [-0.25, -0.2) is 4.98 Å². The highest BCUT2D eigenvalue weighted by Gasteiger charge is 2.29. The van der Waals surface area contributed by atoms with Gasteiger partial charge in [0.25, 0.3) is 15.9 Å². The fourth-order valence-electron chi connectivity index (χ4n) is 2.99. The van der Waals surface area contributed by atoms with Crippen LogP contribution in [0, 0.1) is 3.57 Å². The molecule has 2 aromatic carbocycles. The van der Waals surface area contributed by atoms with Crippen molar-refractivity contribution in [1.29, 1.82) is 0 Å². The number of fused-ring (bicyclic) bond motifs is 1. The number of nitrogens with zero attached hydrogens (tertiary/aromatic N) is 2. The van der Waals surface area contributed by atoms with E-state index in [-0.39, 0.29) is 23.2 Å². The van der Waals surface area contributed by atoms with E-state index in [1.54, 1.807) is 18.2 Å². The molecule has 0 fully saturated rings. The van der Waals surface area contributed by atoms with E-state index in [4.69, 9.17) is 4.42 Å². The Bertz CT molecular complexity index is 1190. The molecule has 1 atom stereocenters. The predicted octanol–water partition coefficient (Wildman–Crippen LogP) is 2.74. The molecule has 4 rings (SSSR count). The third kappa shape index (κ3) is 4.03. The van der Waals surface area contributed by atoms with E-state index in [0.29, 0.717) is 11.6 Å². The first-order valence-corrected chi connectivity index (χ1v) is 11.1. The van der Waals surface area contributed by atoms with Crippen molar-refractivity contribution in [2.45, 2.75) is 10.8 Å². The van der Waals surface area contributed by atoms with Gasteiger partial charge in [-0.3, -0.25) is 4.79 Å². The summed E-state index contributed by atoms with van der Waals surface area (Å²) in [5.74, 6) is -0.802. The Morgan fingerprint density at radius 2 is 1.93 bits per heavy atom. The normalized spacial score (nSPS) is 15.6. The third-order valence-electron chi connectivity index (χ3n) is 4.34. The van der Waals surface area contributed by atoms with Gasteiger partial charge in [0, 0.05) is 10.1 Å². The van der Waals surface area contributed by atoms with Gasteiger partial charge in [-0.15, -0.1) is 4.40 Å². The van der Waals surface area contributed by atoms with Crippen LogP contribution < -0.4 is 10.6 Å². The van der Waals surface area contributed by atoms with Crippen LogP contribution in [0.5, 0.6) is 0 Å². The first-order chi connectivity index (χ1) is 14.0. The smallest absolute Gasteiger partial charge is 0.287 e. The number of carbonyl (C=O) groups excluding carboxylic acids is 1. The third-order valence-corrected chi connectivity index (χ3v) is 6.66. The minimum Gasteiger partial charge on any atom is -0.448 e. The lowest BCUT2D eigenvalue weighted by Gasteiger charge is -2.19. The lowest BCUT2D eigenvalue weighted by Crippen LogP contribution is -2.40. The van der Waals surface area contributed by atoms with E-state index in [1.807, 2.05) is 24.3 Å². The number of anilines is 1. The highest BCUT2D eigenvalue weighted by Crippen LogP contribution is 2.28. The summed E-state index contributed by atoms with van der Waals surface area (Å²) in [5, 5.41) is 5.52. The zero-order valence-corrected chi connectivity index (χ0v) is 17.8. The number of para-hydroxylation sites is 1. The van der Waals surface area contributed by atoms with Crippen LogP contribution in [0.1, 0.15) is 17.4 Å². The molecule has 1 unspecified atom stereocenters. The Balaban J connectivity index is 1.57. The molecule has 29 heavy (non-hydrogen) atoms. The molecular weight excluding hydrogens is 507 g/mol. The molecule has 8 nitrogen and oxygen atoms in total. The van der Waals surface area contributed by atoms with Crippen LogP contribution in [0.2, 0.25) is 0 Å². The molecule has 1 amide bonds. The predicted molar refractivity (Wildman–Crippen MR) is 115 cm³/mol. The number of aromatic nitrogens is 1. The second-order valence-corrected chi connectivity index (χ2v) is 8.93. The van der Waals surface area contributed by atoms with Gasteiger partial charge >= 0.3 is 0 Å². The Kier molecular flexibility index (Phi) is 5.37. The molecule has 0 bridgehead atoms.